The van der Waals surface area contributed by atoms with Crippen molar-refractivity contribution in [2.75, 3.05) is 11.9 Å². The zero-order valence-electron chi connectivity index (χ0n) is 9.67. The molecule has 0 bridgehead atoms. The summed E-state index contributed by atoms with van der Waals surface area (Å²) in [7, 11) is 1.68. The van der Waals surface area contributed by atoms with E-state index in [0.29, 0.717) is 15.9 Å². The molecule has 2 aromatic rings. The minimum absolute atomic E-state index is 0.152. The molecule has 2 rings (SSSR count). The highest BCUT2D eigenvalue weighted by atomic mass is 79.9. The van der Waals surface area contributed by atoms with Gasteiger partial charge in [0.2, 0.25) is 0 Å². The molecule has 0 radical (unpaired) electrons. The van der Waals surface area contributed by atoms with Crippen molar-refractivity contribution in [1.82, 2.24) is 4.98 Å². The molecule has 0 spiro atoms. The lowest BCUT2D eigenvalue weighted by molar-refractivity contribution is 0.0992. The lowest BCUT2D eigenvalue weighted by Gasteiger charge is -2.17. The maximum absolute atomic E-state index is 12.1. The number of carbonyl (C=O) groups excluding carboxylic acids is 1. The van der Waals surface area contributed by atoms with E-state index < -0.39 is 0 Å². The number of phenolic OH excluding ortho intramolecular Hbond substituents is 1. The summed E-state index contributed by atoms with van der Waals surface area (Å²) in [6, 6.07) is 9.87. The van der Waals surface area contributed by atoms with Gasteiger partial charge in [0.15, 0.2) is 0 Å². The molecule has 1 aromatic carbocycles. The minimum atomic E-state index is -0.152. The van der Waals surface area contributed by atoms with Crippen LogP contribution in [-0.4, -0.2) is 23.0 Å². The summed E-state index contributed by atoms with van der Waals surface area (Å²) in [5, 5.41) is 9.21. The molecule has 0 aliphatic heterocycles. The van der Waals surface area contributed by atoms with Crippen LogP contribution >= 0.6 is 15.9 Å². The molecule has 0 aliphatic rings. The van der Waals surface area contributed by atoms with Gasteiger partial charge in [-0.2, -0.15) is 0 Å². The summed E-state index contributed by atoms with van der Waals surface area (Å²) in [6.07, 6.45) is 1.52. The Labute approximate surface area is 113 Å². The predicted octanol–water partition coefficient (Wildman–Crippen LogP) is 2.83. The predicted molar refractivity (Wildman–Crippen MR) is 72.8 cm³/mol. The van der Waals surface area contributed by atoms with Crippen LogP contribution in [0.15, 0.2) is 47.2 Å². The van der Waals surface area contributed by atoms with E-state index in [1.165, 1.54) is 11.1 Å². The number of amides is 1. The molecular formula is C13H11BrN2O2. The second-order valence-electron chi connectivity index (χ2n) is 3.75. The van der Waals surface area contributed by atoms with Gasteiger partial charge in [-0.25, -0.2) is 4.98 Å². The molecule has 0 fully saturated rings. The summed E-state index contributed by atoms with van der Waals surface area (Å²) in [4.78, 5) is 17.7. The molecule has 0 saturated heterocycles. The maximum Gasteiger partial charge on any atom is 0.259 e. The number of nitrogens with zero attached hydrogens (tertiary/aromatic N) is 2. The Bertz CT molecular complexity index is 552. The van der Waals surface area contributed by atoms with Gasteiger partial charge in [0.25, 0.3) is 5.91 Å². The number of halogens is 1. The molecule has 0 unspecified atom stereocenters. The second kappa shape index (κ2) is 5.18. The van der Waals surface area contributed by atoms with Crippen molar-refractivity contribution in [3.8, 4) is 5.75 Å². The smallest absolute Gasteiger partial charge is 0.259 e. The van der Waals surface area contributed by atoms with E-state index in [9.17, 15) is 9.90 Å². The van der Waals surface area contributed by atoms with Crippen LogP contribution in [-0.2, 0) is 0 Å². The Kier molecular flexibility index (Phi) is 3.62. The second-order valence-corrected chi connectivity index (χ2v) is 4.56. The standard InChI is InChI=1S/C13H11BrN2O2/c1-16(10-3-5-11(17)6-4-10)13(18)9-2-7-12(14)15-8-9/h2-8,17H,1H3. The Morgan fingerprint density at radius 3 is 2.44 bits per heavy atom. The van der Waals surface area contributed by atoms with E-state index in [1.54, 1.807) is 43.4 Å². The average molecular weight is 307 g/mol. The minimum Gasteiger partial charge on any atom is -0.508 e. The fourth-order valence-electron chi connectivity index (χ4n) is 1.49. The van der Waals surface area contributed by atoms with Crippen LogP contribution in [0.4, 0.5) is 5.69 Å². The molecule has 92 valence electrons. The van der Waals surface area contributed by atoms with Gasteiger partial charge in [-0.05, 0) is 52.3 Å². The largest absolute Gasteiger partial charge is 0.508 e. The highest BCUT2D eigenvalue weighted by Gasteiger charge is 2.13. The maximum atomic E-state index is 12.1. The van der Waals surface area contributed by atoms with Gasteiger partial charge < -0.3 is 10.0 Å². The molecule has 5 heteroatoms. The fourth-order valence-corrected chi connectivity index (χ4v) is 1.72. The van der Waals surface area contributed by atoms with Gasteiger partial charge in [-0.15, -0.1) is 0 Å². The van der Waals surface area contributed by atoms with Crippen molar-refractivity contribution in [3.05, 3.63) is 52.8 Å². The number of benzene rings is 1. The summed E-state index contributed by atoms with van der Waals surface area (Å²) in [6.45, 7) is 0. The van der Waals surface area contributed by atoms with Gasteiger partial charge in [0.05, 0.1) is 5.56 Å². The molecular weight excluding hydrogens is 296 g/mol. The van der Waals surface area contributed by atoms with Gasteiger partial charge in [-0.3, -0.25) is 4.79 Å². The molecule has 1 N–H and O–H groups in total. The SMILES string of the molecule is CN(C(=O)c1ccc(Br)nc1)c1ccc(O)cc1. The van der Waals surface area contributed by atoms with Crippen LogP contribution in [0.2, 0.25) is 0 Å². The topological polar surface area (TPSA) is 53.4 Å². The van der Waals surface area contributed by atoms with Crippen LogP contribution in [0.3, 0.4) is 0 Å². The summed E-state index contributed by atoms with van der Waals surface area (Å²) in [5.41, 5.74) is 1.22. The van der Waals surface area contributed by atoms with Crippen molar-refractivity contribution in [3.63, 3.8) is 0 Å². The first-order valence-corrected chi connectivity index (χ1v) is 6.06. The quantitative estimate of drug-likeness (QED) is 0.868. The molecule has 0 saturated carbocycles. The fraction of sp³-hybridized carbons (Fsp3) is 0.0769. The monoisotopic (exact) mass is 306 g/mol. The summed E-state index contributed by atoms with van der Waals surface area (Å²) in [5.74, 6) is 0.0191. The van der Waals surface area contributed by atoms with E-state index in [-0.39, 0.29) is 11.7 Å². The van der Waals surface area contributed by atoms with Gasteiger partial charge >= 0.3 is 0 Å². The van der Waals surface area contributed by atoms with E-state index in [2.05, 4.69) is 20.9 Å². The lowest BCUT2D eigenvalue weighted by Crippen LogP contribution is -2.26. The molecule has 18 heavy (non-hydrogen) atoms. The highest BCUT2D eigenvalue weighted by molar-refractivity contribution is 9.10. The Hall–Kier alpha value is -1.88. The Morgan fingerprint density at radius 1 is 1.22 bits per heavy atom. The van der Waals surface area contributed by atoms with Crippen molar-refractivity contribution in [1.29, 1.82) is 0 Å². The number of pyridine rings is 1. The van der Waals surface area contributed by atoms with Crippen molar-refractivity contribution in [2.45, 2.75) is 0 Å². The number of aromatic nitrogens is 1. The highest BCUT2D eigenvalue weighted by Crippen LogP contribution is 2.19. The Morgan fingerprint density at radius 2 is 1.89 bits per heavy atom. The molecule has 1 aromatic heterocycles. The van der Waals surface area contributed by atoms with Crippen LogP contribution in [0.5, 0.6) is 5.75 Å². The van der Waals surface area contributed by atoms with Crippen molar-refractivity contribution in [2.24, 2.45) is 0 Å². The lowest BCUT2D eigenvalue weighted by atomic mass is 10.2. The first kappa shape index (κ1) is 12.6. The number of carbonyl (C=O) groups is 1. The van der Waals surface area contributed by atoms with Crippen LogP contribution in [0.25, 0.3) is 0 Å². The number of aromatic hydroxyl groups is 1. The normalized spacial score (nSPS) is 10.1. The van der Waals surface area contributed by atoms with Crippen molar-refractivity contribution < 1.29 is 9.90 Å². The number of phenols is 1. The van der Waals surface area contributed by atoms with Gasteiger partial charge in [0, 0.05) is 18.9 Å². The molecule has 0 aliphatic carbocycles. The van der Waals surface area contributed by atoms with E-state index in [1.807, 2.05) is 0 Å². The first-order valence-electron chi connectivity index (χ1n) is 5.26. The number of hydrogen-bond donors (Lipinski definition) is 1. The zero-order valence-corrected chi connectivity index (χ0v) is 11.3. The third kappa shape index (κ3) is 2.68. The third-order valence-corrected chi connectivity index (χ3v) is 2.99. The Balaban J connectivity index is 2.23. The average Bonchev–Trinajstić information content (AvgIpc) is 2.39. The van der Waals surface area contributed by atoms with Gasteiger partial charge in [-0.1, -0.05) is 0 Å². The number of hydrogen-bond acceptors (Lipinski definition) is 3. The van der Waals surface area contributed by atoms with Crippen LogP contribution in [0, 0.1) is 0 Å². The number of rotatable bonds is 2. The van der Waals surface area contributed by atoms with Crippen LogP contribution < -0.4 is 4.90 Å². The molecule has 1 heterocycles. The van der Waals surface area contributed by atoms with E-state index in [4.69, 9.17) is 0 Å². The van der Waals surface area contributed by atoms with Crippen LogP contribution in [0.1, 0.15) is 10.4 Å². The summed E-state index contributed by atoms with van der Waals surface area (Å²) < 4.78 is 0.686. The van der Waals surface area contributed by atoms with Gasteiger partial charge in [0.1, 0.15) is 10.4 Å². The molecule has 1 amide bonds. The molecule has 0 atom stereocenters. The third-order valence-electron chi connectivity index (χ3n) is 2.52. The van der Waals surface area contributed by atoms with Crippen molar-refractivity contribution >= 4 is 27.5 Å². The zero-order chi connectivity index (χ0) is 13.1. The molecule has 4 nitrogen and oxygen atoms in total. The van der Waals surface area contributed by atoms with E-state index in [0.717, 1.165) is 0 Å². The number of anilines is 1. The summed E-state index contributed by atoms with van der Waals surface area (Å²) >= 11 is 3.22. The first-order chi connectivity index (χ1) is 8.58. The van der Waals surface area contributed by atoms with E-state index >= 15 is 0 Å².